The Bertz CT molecular complexity index is 1810. The van der Waals surface area contributed by atoms with E-state index in [1.54, 1.807) is 41.5 Å². The summed E-state index contributed by atoms with van der Waals surface area (Å²) in [5, 5.41) is -0.623. The quantitative estimate of drug-likeness (QED) is 0.107. The second-order valence-electron chi connectivity index (χ2n) is 16.3. The van der Waals surface area contributed by atoms with Gasteiger partial charge in [-0.1, -0.05) is 17.7 Å². The van der Waals surface area contributed by atoms with Crippen LogP contribution in [0.15, 0.2) is 24.3 Å². The molecular weight excluding hydrogens is 798 g/mol. The number of rotatable bonds is 5. The molecule has 4 rings (SSSR count). The first-order valence-electron chi connectivity index (χ1n) is 17.1. The number of aryl methyl sites for hydroxylation is 1. The van der Waals surface area contributed by atoms with Gasteiger partial charge in [0.15, 0.2) is 5.75 Å². The summed E-state index contributed by atoms with van der Waals surface area (Å²) in [5.74, 6) is -12.9. The Kier molecular flexibility index (Phi) is 19.5. The Morgan fingerprint density at radius 1 is 0.596 bits per heavy atom. The molecule has 13 nitrogen and oxygen atoms in total. The molecule has 2 aliphatic rings. The number of halogens is 5. The van der Waals surface area contributed by atoms with Crippen molar-refractivity contribution in [1.82, 2.24) is 10.1 Å². The minimum absolute atomic E-state index is 0. The Balaban J connectivity index is 0.000000736. The van der Waals surface area contributed by atoms with Crippen molar-refractivity contribution in [3.8, 4) is 11.5 Å². The van der Waals surface area contributed by atoms with Crippen LogP contribution in [0.2, 0.25) is 0 Å². The van der Waals surface area contributed by atoms with Crippen LogP contribution in [0.5, 0.6) is 11.5 Å². The summed E-state index contributed by atoms with van der Waals surface area (Å²) < 4.78 is 107. The zero-order chi connectivity index (χ0) is 43.9. The van der Waals surface area contributed by atoms with Crippen LogP contribution in [0, 0.1) is 36.0 Å². The van der Waals surface area contributed by atoms with Gasteiger partial charge in [-0.15, -0.1) is 0 Å². The van der Waals surface area contributed by atoms with E-state index in [4.69, 9.17) is 14.4 Å². The Labute approximate surface area is 352 Å². The molecule has 0 spiro atoms. The SMILES string of the molecule is CC(C)(C)ON1C(=O)CC(S(=O)(=O)[O-])C1=O.CC(C)(C)ON1C(=O)CCC1=O.CC(C)(C)Oc1c(F)c(F)c(F)c(F)c1F.Cc1ccc(OC(C)(C)C)cc1.[Na+]. The molecule has 2 aromatic rings. The fourth-order valence-electron chi connectivity index (χ4n) is 4.05. The van der Waals surface area contributed by atoms with Crippen molar-refractivity contribution in [2.75, 3.05) is 0 Å². The second-order valence-corrected chi connectivity index (χ2v) is 17.9. The van der Waals surface area contributed by atoms with Gasteiger partial charge >= 0.3 is 29.6 Å². The predicted octanol–water partition coefficient (Wildman–Crippen LogP) is 3.99. The molecule has 2 aromatic carbocycles. The fourth-order valence-corrected chi connectivity index (χ4v) is 4.74. The number of imide groups is 2. The molecular formula is C37H50F5N2NaO11S. The molecule has 0 saturated carbocycles. The maximum Gasteiger partial charge on any atom is 1.00 e. The Morgan fingerprint density at radius 3 is 1.30 bits per heavy atom. The number of benzene rings is 2. The average molecular weight is 849 g/mol. The van der Waals surface area contributed by atoms with Gasteiger partial charge in [-0.3, -0.25) is 28.9 Å². The van der Waals surface area contributed by atoms with Gasteiger partial charge < -0.3 is 14.0 Å². The normalized spacial score (nSPS) is 16.2. The van der Waals surface area contributed by atoms with Crippen LogP contribution in [-0.4, -0.2) is 74.4 Å². The summed E-state index contributed by atoms with van der Waals surface area (Å²) in [5.41, 5.74) is -1.23. The van der Waals surface area contributed by atoms with Crippen molar-refractivity contribution < 1.29 is 103 Å². The van der Waals surface area contributed by atoms with Gasteiger partial charge in [-0.2, -0.15) is 18.9 Å². The third-order valence-electron chi connectivity index (χ3n) is 6.17. The third kappa shape index (κ3) is 18.5. The first-order valence-corrected chi connectivity index (χ1v) is 18.5. The van der Waals surface area contributed by atoms with Crippen molar-refractivity contribution in [2.24, 2.45) is 0 Å². The molecule has 2 aliphatic heterocycles. The van der Waals surface area contributed by atoms with Crippen LogP contribution in [0.1, 0.15) is 108 Å². The van der Waals surface area contributed by atoms with E-state index < -0.39 is 85.2 Å². The molecule has 0 N–H and O–H groups in total. The maximum atomic E-state index is 13.1. The standard InChI is InChI=1S/C11H16O.C10H9F5O.C8H13NO6S.C8H13NO3.Na/c1-9-5-7-10(8-6-9)12-11(2,3)4;1-10(2,3)16-9-7(14)5(12)4(11)6(13)8(9)15;1-8(2,3)15-9-6(10)4-5(7(9)11)16(12,13)14;1-8(2,3)12-9-6(10)4-5-7(9)11;/h5-8H,1-4H3;1-3H3;5H,4H2,1-3H3,(H,12,13,14);4-5H2,1-3H3;/q;;;;+1/p-1. The second kappa shape index (κ2) is 20.7. The van der Waals surface area contributed by atoms with Gasteiger partial charge in [0, 0.05) is 12.8 Å². The minimum atomic E-state index is -4.82. The van der Waals surface area contributed by atoms with E-state index in [-0.39, 0.29) is 59.8 Å². The largest absolute Gasteiger partial charge is 1.00 e. The van der Waals surface area contributed by atoms with Crippen LogP contribution in [0.4, 0.5) is 22.0 Å². The zero-order valence-corrected chi connectivity index (χ0v) is 37.5. The number of hydroxylamine groups is 4. The summed E-state index contributed by atoms with van der Waals surface area (Å²) in [6.07, 6.45) is -0.107. The molecule has 2 fully saturated rings. The molecule has 0 bridgehead atoms. The molecule has 1 unspecified atom stereocenters. The van der Waals surface area contributed by atoms with Crippen molar-refractivity contribution >= 4 is 33.7 Å². The predicted molar refractivity (Wildman–Crippen MR) is 191 cm³/mol. The van der Waals surface area contributed by atoms with Gasteiger partial charge in [-0.05, 0) is 102 Å². The molecule has 0 aromatic heterocycles. The maximum absolute atomic E-state index is 13.1. The van der Waals surface area contributed by atoms with Gasteiger partial charge in [0.25, 0.3) is 23.6 Å². The molecule has 2 saturated heterocycles. The van der Waals surface area contributed by atoms with Crippen LogP contribution in [0.25, 0.3) is 0 Å². The number of carbonyl (C=O) groups is 4. The molecule has 20 heteroatoms. The summed E-state index contributed by atoms with van der Waals surface area (Å²) >= 11 is 0. The monoisotopic (exact) mass is 848 g/mol. The van der Waals surface area contributed by atoms with E-state index in [0.29, 0.717) is 5.06 Å². The van der Waals surface area contributed by atoms with Gasteiger partial charge in [-0.25, -0.2) is 21.6 Å². The number of ether oxygens (including phenoxy) is 2. The van der Waals surface area contributed by atoms with Crippen molar-refractivity contribution in [1.29, 1.82) is 0 Å². The number of amides is 4. The van der Waals surface area contributed by atoms with Crippen LogP contribution in [-0.2, 0) is 39.0 Å². The van der Waals surface area contributed by atoms with Crippen LogP contribution >= 0.6 is 0 Å². The number of nitrogens with zero attached hydrogens (tertiary/aromatic N) is 2. The molecule has 0 aliphatic carbocycles. The van der Waals surface area contributed by atoms with E-state index in [2.05, 4.69) is 23.8 Å². The fraction of sp³-hybridized carbons (Fsp3) is 0.568. The molecule has 2 heterocycles. The van der Waals surface area contributed by atoms with Crippen molar-refractivity contribution in [3.05, 3.63) is 58.9 Å². The molecule has 0 radical (unpaired) electrons. The summed E-state index contributed by atoms with van der Waals surface area (Å²) in [4.78, 5) is 55.0. The average Bonchev–Trinajstić information content (AvgIpc) is 3.48. The topological polar surface area (TPSA) is 169 Å². The Hall–Kier alpha value is -3.20. The summed E-state index contributed by atoms with van der Waals surface area (Å²) in [6, 6.07) is 8.11. The number of carbonyl (C=O) groups excluding carboxylic acids is 4. The summed E-state index contributed by atoms with van der Waals surface area (Å²) in [6.45, 7) is 22.6. The summed E-state index contributed by atoms with van der Waals surface area (Å²) in [7, 11) is -4.82. The first-order chi connectivity index (χ1) is 25.0. The van der Waals surface area contributed by atoms with E-state index >= 15 is 0 Å². The molecule has 1 atom stereocenters. The van der Waals surface area contributed by atoms with Crippen LogP contribution < -0.4 is 39.0 Å². The van der Waals surface area contributed by atoms with Crippen LogP contribution in [0.3, 0.4) is 0 Å². The van der Waals surface area contributed by atoms with Gasteiger partial charge in [0.05, 0.1) is 17.6 Å². The third-order valence-corrected chi connectivity index (χ3v) is 7.23. The van der Waals surface area contributed by atoms with Gasteiger partial charge in [0.2, 0.25) is 29.1 Å². The number of hydrogen-bond acceptors (Lipinski definition) is 11. The van der Waals surface area contributed by atoms with Gasteiger partial charge in [0.1, 0.15) is 32.3 Å². The smallest absolute Gasteiger partial charge is 0.747 e. The van der Waals surface area contributed by atoms with Crippen molar-refractivity contribution in [2.45, 2.75) is 137 Å². The Morgan fingerprint density at radius 2 is 0.965 bits per heavy atom. The van der Waals surface area contributed by atoms with Crippen molar-refractivity contribution in [3.63, 3.8) is 0 Å². The minimum Gasteiger partial charge on any atom is -0.747 e. The van der Waals surface area contributed by atoms with E-state index in [9.17, 15) is 54.1 Å². The molecule has 316 valence electrons. The zero-order valence-electron chi connectivity index (χ0n) is 34.7. The van der Waals surface area contributed by atoms with E-state index in [1.165, 1.54) is 26.3 Å². The van der Waals surface area contributed by atoms with E-state index in [0.717, 1.165) is 10.8 Å². The molecule has 57 heavy (non-hydrogen) atoms. The molecule has 4 amide bonds. The first kappa shape index (κ1) is 53.8. The van der Waals surface area contributed by atoms with E-state index in [1.807, 2.05) is 32.9 Å². The number of hydrogen-bond donors (Lipinski definition) is 0.